The van der Waals surface area contributed by atoms with Crippen molar-refractivity contribution in [2.75, 3.05) is 0 Å². The summed E-state index contributed by atoms with van der Waals surface area (Å²) < 4.78 is 6.97. The van der Waals surface area contributed by atoms with Crippen LogP contribution in [0.25, 0.3) is 103 Å². The number of aromatic nitrogens is 3. The van der Waals surface area contributed by atoms with Gasteiger partial charge in [-0.05, 0) is 65.5 Å². The maximum atomic E-state index is 8.41. The van der Waals surface area contributed by atoms with Crippen molar-refractivity contribution in [2.24, 2.45) is 0 Å². The van der Waals surface area contributed by atoms with E-state index in [1.807, 2.05) is 42.5 Å². The molecule has 3 aromatic heterocycles. The van der Waals surface area contributed by atoms with E-state index in [0.29, 0.717) is 11.4 Å². The third-order valence-electron chi connectivity index (χ3n) is 11.1. The minimum absolute atomic E-state index is 0.556. The van der Waals surface area contributed by atoms with Gasteiger partial charge in [0.25, 0.3) is 0 Å². The Morgan fingerprint density at radius 1 is 0.345 bits per heavy atom. The van der Waals surface area contributed by atoms with E-state index in [4.69, 9.17) is 13.1 Å². The van der Waals surface area contributed by atoms with Crippen molar-refractivity contribution in [1.82, 2.24) is 13.7 Å². The standard InChI is InChI=1S/C50H29N5/c1-51-32-26-29-48-41(30-32)38-18-7-12-25-47(38)55(48)50-40(19-13-20-42(50)52-2)37-17-6-11-24-46(37)54-45-23-10-5-16-36(45)39-28-27-33(31-49(39)54)53-43-21-8-3-14-34(43)35-15-4-9-22-44(35)53/h3-31H. The molecule has 3 heterocycles. The van der Waals surface area contributed by atoms with Crippen molar-refractivity contribution in [3.05, 3.63) is 199 Å². The summed E-state index contributed by atoms with van der Waals surface area (Å²) >= 11 is 0. The largest absolute Gasteiger partial charge is 0.318 e. The van der Waals surface area contributed by atoms with Gasteiger partial charge in [-0.3, -0.25) is 0 Å². The van der Waals surface area contributed by atoms with E-state index in [1.54, 1.807) is 0 Å². The molecule has 0 saturated heterocycles. The van der Waals surface area contributed by atoms with Gasteiger partial charge in [-0.25, -0.2) is 9.69 Å². The summed E-state index contributed by atoms with van der Waals surface area (Å²) in [6, 6.07) is 61.4. The minimum atomic E-state index is 0.556. The van der Waals surface area contributed by atoms with Gasteiger partial charge in [0.15, 0.2) is 5.69 Å². The normalized spacial score (nSPS) is 11.6. The Hall–Kier alpha value is -7.86. The van der Waals surface area contributed by atoms with E-state index in [0.717, 1.165) is 61.0 Å². The van der Waals surface area contributed by atoms with Crippen LogP contribution in [0.2, 0.25) is 0 Å². The Kier molecular flexibility index (Phi) is 6.61. The molecule has 254 valence electrons. The van der Waals surface area contributed by atoms with Crippen LogP contribution in [0.3, 0.4) is 0 Å². The topological polar surface area (TPSA) is 23.5 Å². The Bertz CT molecular complexity index is 3420. The van der Waals surface area contributed by atoms with Crippen molar-refractivity contribution in [2.45, 2.75) is 0 Å². The summed E-state index contributed by atoms with van der Waals surface area (Å²) in [5.41, 5.74) is 12.5. The molecule has 0 aliphatic rings. The predicted molar refractivity (Wildman–Crippen MR) is 227 cm³/mol. The van der Waals surface area contributed by atoms with E-state index >= 15 is 0 Å². The van der Waals surface area contributed by atoms with Crippen LogP contribution in [-0.4, -0.2) is 13.7 Å². The summed E-state index contributed by atoms with van der Waals surface area (Å²) in [5, 5.41) is 6.83. The van der Waals surface area contributed by atoms with E-state index in [1.165, 1.54) is 32.6 Å². The Labute approximate surface area is 316 Å². The maximum absolute atomic E-state index is 8.41. The number of nitrogens with zero attached hydrogens (tertiary/aromatic N) is 5. The smallest absolute Gasteiger partial charge is 0.211 e. The first-order chi connectivity index (χ1) is 27.2. The first-order valence-corrected chi connectivity index (χ1v) is 18.3. The Morgan fingerprint density at radius 2 is 0.873 bits per heavy atom. The van der Waals surface area contributed by atoms with Gasteiger partial charge in [-0.2, -0.15) is 0 Å². The monoisotopic (exact) mass is 699 g/mol. The van der Waals surface area contributed by atoms with Gasteiger partial charge in [-0.15, -0.1) is 0 Å². The molecule has 5 heteroatoms. The molecule has 55 heavy (non-hydrogen) atoms. The van der Waals surface area contributed by atoms with E-state index in [-0.39, 0.29) is 0 Å². The number of hydrogen-bond acceptors (Lipinski definition) is 0. The van der Waals surface area contributed by atoms with Gasteiger partial charge in [0.2, 0.25) is 5.69 Å². The zero-order valence-corrected chi connectivity index (χ0v) is 29.5. The highest BCUT2D eigenvalue weighted by Gasteiger charge is 2.23. The quantitative estimate of drug-likeness (QED) is 0.163. The molecule has 0 fully saturated rings. The number of fused-ring (bicyclic) bond motifs is 9. The van der Waals surface area contributed by atoms with Crippen LogP contribution < -0.4 is 0 Å². The lowest BCUT2D eigenvalue weighted by Crippen LogP contribution is -2.02. The molecular formula is C50H29N5. The molecule has 0 saturated carbocycles. The van der Waals surface area contributed by atoms with Crippen LogP contribution >= 0.6 is 0 Å². The lowest BCUT2D eigenvalue weighted by Gasteiger charge is -2.20. The summed E-state index contributed by atoms with van der Waals surface area (Å²) in [6.07, 6.45) is 0. The highest BCUT2D eigenvalue weighted by molar-refractivity contribution is 6.14. The number of para-hydroxylation sites is 6. The van der Waals surface area contributed by atoms with Crippen LogP contribution in [0.5, 0.6) is 0 Å². The van der Waals surface area contributed by atoms with Crippen molar-refractivity contribution in [3.8, 4) is 28.2 Å². The molecule has 11 rings (SSSR count). The number of benzene rings is 8. The molecule has 0 spiro atoms. The van der Waals surface area contributed by atoms with Crippen LogP contribution in [0, 0.1) is 13.1 Å². The van der Waals surface area contributed by atoms with Gasteiger partial charge < -0.3 is 13.7 Å². The molecule has 0 atom stereocenters. The van der Waals surface area contributed by atoms with Crippen LogP contribution in [0.15, 0.2) is 176 Å². The van der Waals surface area contributed by atoms with E-state index in [9.17, 15) is 0 Å². The van der Waals surface area contributed by atoms with Crippen LogP contribution in [-0.2, 0) is 0 Å². The summed E-state index contributed by atoms with van der Waals surface area (Å²) in [6.45, 7) is 16.1. The maximum Gasteiger partial charge on any atom is 0.211 e. The van der Waals surface area contributed by atoms with Crippen LogP contribution in [0.1, 0.15) is 0 Å². The molecule has 0 amide bonds. The number of rotatable bonds is 4. The van der Waals surface area contributed by atoms with Crippen molar-refractivity contribution in [1.29, 1.82) is 0 Å². The fraction of sp³-hybridized carbons (Fsp3) is 0. The second-order valence-corrected chi connectivity index (χ2v) is 13.9. The molecule has 0 unspecified atom stereocenters. The molecule has 11 aromatic rings. The lowest BCUT2D eigenvalue weighted by atomic mass is 9.99. The van der Waals surface area contributed by atoms with E-state index in [2.05, 4.69) is 157 Å². The molecule has 0 bridgehead atoms. The minimum Gasteiger partial charge on any atom is -0.318 e. The molecular weight excluding hydrogens is 671 g/mol. The SMILES string of the molecule is [C-]#[N+]c1ccc2c(c1)c1ccccc1n2-c1c([N+]#[C-])cccc1-c1ccccc1-n1c2ccccc2c2ccc(-n3c4ccccc4c4ccccc43)cc21. The van der Waals surface area contributed by atoms with Gasteiger partial charge in [0, 0.05) is 38.2 Å². The third-order valence-corrected chi connectivity index (χ3v) is 11.1. The van der Waals surface area contributed by atoms with Gasteiger partial charge in [-0.1, -0.05) is 121 Å². The second-order valence-electron chi connectivity index (χ2n) is 13.9. The molecule has 0 N–H and O–H groups in total. The molecule has 5 nitrogen and oxygen atoms in total. The highest BCUT2D eigenvalue weighted by atomic mass is 15.0. The van der Waals surface area contributed by atoms with Gasteiger partial charge in [0.05, 0.1) is 57.6 Å². The fourth-order valence-corrected chi connectivity index (χ4v) is 8.80. The van der Waals surface area contributed by atoms with E-state index < -0.39 is 0 Å². The van der Waals surface area contributed by atoms with Gasteiger partial charge >= 0.3 is 0 Å². The molecule has 0 aliphatic heterocycles. The summed E-state index contributed by atoms with van der Waals surface area (Å²) in [4.78, 5) is 7.85. The van der Waals surface area contributed by atoms with Crippen molar-refractivity contribution < 1.29 is 0 Å². The predicted octanol–water partition coefficient (Wildman–Crippen LogP) is 13.7. The zero-order chi connectivity index (χ0) is 36.6. The number of hydrogen-bond donors (Lipinski definition) is 0. The van der Waals surface area contributed by atoms with Crippen molar-refractivity contribution >= 4 is 76.8 Å². The zero-order valence-electron chi connectivity index (χ0n) is 29.5. The van der Waals surface area contributed by atoms with Crippen molar-refractivity contribution in [3.63, 3.8) is 0 Å². The lowest BCUT2D eigenvalue weighted by molar-refractivity contribution is 1.15. The highest BCUT2D eigenvalue weighted by Crippen LogP contribution is 2.45. The average Bonchev–Trinajstić information content (AvgIpc) is 3.88. The Morgan fingerprint density at radius 3 is 1.53 bits per heavy atom. The fourth-order valence-electron chi connectivity index (χ4n) is 8.80. The average molecular weight is 700 g/mol. The molecule has 0 aliphatic carbocycles. The van der Waals surface area contributed by atoms with Gasteiger partial charge in [0.1, 0.15) is 0 Å². The summed E-state index contributed by atoms with van der Waals surface area (Å²) in [5.74, 6) is 0. The Balaban J connectivity index is 1.22. The first-order valence-electron chi connectivity index (χ1n) is 18.3. The molecule has 0 radical (unpaired) electrons. The van der Waals surface area contributed by atoms with Crippen LogP contribution in [0.4, 0.5) is 11.4 Å². The molecule has 8 aromatic carbocycles. The summed E-state index contributed by atoms with van der Waals surface area (Å²) in [7, 11) is 0. The second kappa shape index (κ2) is 11.8. The first kappa shape index (κ1) is 30.7. The third kappa shape index (κ3) is 4.39.